The van der Waals surface area contributed by atoms with Crippen LogP contribution in [0.4, 0.5) is 0 Å². The summed E-state index contributed by atoms with van der Waals surface area (Å²) in [6.07, 6.45) is 5.13. The SMILES string of the molecule is CN(C)C1C(O)=C(C(N)=O)C(=O)[C@@]2(O)C(O)=C3C(=O)c4c(O)c(CN5CC=CCC5)cc(Cl)c4C[C@H]3C[C@@H]12. The van der Waals surface area contributed by atoms with Crippen LogP contribution >= 0.6 is 11.6 Å². The largest absolute Gasteiger partial charge is 0.510 e. The smallest absolute Gasteiger partial charge is 0.255 e. The van der Waals surface area contributed by atoms with E-state index in [0.29, 0.717) is 29.2 Å². The average Bonchev–Trinajstić information content (AvgIpc) is 2.84. The Morgan fingerprint density at radius 1 is 1.24 bits per heavy atom. The number of amides is 1. The van der Waals surface area contributed by atoms with Gasteiger partial charge < -0.3 is 26.2 Å². The molecule has 1 heterocycles. The normalized spacial score (nSPS) is 29.4. The first-order chi connectivity index (χ1) is 17.9. The lowest BCUT2D eigenvalue weighted by Crippen LogP contribution is -2.63. The number of nitrogens with two attached hydrogens (primary N) is 1. The van der Waals surface area contributed by atoms with Crippen molar-refractivity contribution in [3.63, 3.8) is 0 Å². The molecule has 10 nitrogen and oxygen atoms in total. The van der Waals surface area contributed by atoms with Crippen molar-refractivity contribution in [2.75, 3.05) is 27.2 Å². The minimum atomic E-state index is -2.66. The fraction of sp³-hybridized carbons (Fsp3) is 0.444. The van der Waals surface area contributed by atoms with E-state index in [-0.39, 0.29) is 29.7 Å². The molecule has 11 heteroatoms. The van der Waals surface area contributed by atoms with Crippen molar-refractivity contribution in [1.82, 2.24) is 9.80 Å². The molecule has 1 aromatic carbocycles. The maximum Gasteiger partial charge on any atom is 0.255 e. The van der Waals surface area contributed by atoms with E-state index in [1.54, 1.807) is 20.2 Å². The second-order valence-corrected chi connectivity index (χ2v) is 11.1. The van der Waals surface area contributed by atoms with Crippen molar-refractivity contribution >= 4 is 29.1 Å². The second-order valence-electron chi connectivity index (χ2n) is 10.7. The molecule has 6 N–H and O–H groups in total. The Balaban J connectivity index is 1.64. The molecule has 3 aliphatic carbocycles. The van der Waals surface area contributed by atoms with Crippen LogP contribution in [0.1, 0.15) is 34.3 Å². The van der Waals surface area contributed by atoms with Gasteiger partial charge in [-0.3, -0.25) is 24.2 Å². The quantitative estimate of drug-likeness (QED) is 0.280. The van der Waals surface area contributed by atoms with Gasteiger partial charge in [0.25, 0.3) is 5.91 Å². The molecule has 202 valence electrons. The second kappa shape index (κ2) is 9.23. The Kier molecular flexibility index (Phi) is 6.42. The van der Waals surface area contributed by atoms with E-state index in [1.165, 1.54) is 4.90 Å². The molecule has 1 amide bonds. The number of aliphatic hydroxyl groups is 3. The van der Waals surface area contributed by atoms with E-state index >= 15 is 0 Å². The van der Waals surface area contributed by atoms with Gasteiger partial charge in [0.2, 0.25) is 5.78 Å². The molecule has 5 rings (SSSR count). The predicted molar refractivity (Wildman–Crippen MR) is 138 cm³/mol. The van der Waals surface area contributed by atoms with Crippen molar-refractivity contribution in [3.8, 4) is 5.75 Å². The van der Waals surface area contributed by atoms with Crippen LogP contribution < -0.4 is 5.73 Å². The van der Waals surface area contributed by atoms with Gasteiger partial charge in [0.15, 0.2) is 11.4 Å². The highest BCUT2D eigenvalue weighted by molar-refractivity contribution is 6.33. The summed E-state index contributed by atoms with van der Waals surface area (Å²) < 4.78 is 0. The number of ketones is 2. The third-order valence-corrected chi connectivity index (χ3v) is 8.62. The molecule has 0 radical (unpaired) electrons. The number of carbonyl (C=O) groups is 3. The first-order valence-electron chi connectivity index (χ1n) is 12.4. The van der Waals surface area contributed by atoms with Gasteiger partial charge >= 0.3 is 0 Å². The molecule has 0 fully saturated rings. The van der Waals surface area contributed by atoms with Gasteiger partial charge in [-0.1, -0.05) is 23.8 Å². The van der Waals surface area contributed by atoms with E-state index < -0.39 is 58.0 Å². The monoisotopic (exact) mass is 543 g/mol. The van der Waals surface area contributed by atoms with E-state index in [9.17, 15) is 34.8 Å². The molecule has 0 spiro atoms. The molecular weight excluding hydrogens is 514 g/mol. The summed E-state index contributed by atoms with van der Waals surface area (Å²) in [5.74, 6) is -6.74. The molecule has 0 saturated carbocycles. The average molecular weight is 544 g/mol. The Labute approximate surface area is 224 Å². The van der Waals surface area contributed by atoms with Crippen LogP contribution in [0.25, 0.3) is 0 Å². The lowest BCUT2D eigenvalue weighted by Gasteiger charge is -2.50. The zero-order valence-corrected chi connectivity index (χ0v) is 21.8. The van der Waals surface area contributed by atoms with E-state index in [2.05, 4.69) is 11.0 Å². The first-order valence-corrected chi connectivity index (χ1v) is 12.8. The molecule has 38 heavy (non-hydrogen) atoms. The molecule has 0 saturated heterocycles. The summed E-state index contributed by atoms with van der Waals surface area (Å²) in [5.41, 5.74) is 2.47. The number of aliphatic hydroxyl groups excluding tert-OH is 2. The molecule has 0 aromatic heterocycles. The number of primary amides is 1. The number of Topliss-reactive ketones (excluding diaryl/α,β-unsaturated/α-hetero) is 2. The Morgan fingerprint density at radius 3 is 2.55 bits per heavy atom. The molecule has 1 unspecified atom stereocenters. The fourth-order valence-electron chi connectivity index (χ4n) is 6.52. The Hall–Kier alpha value is -3.18. The fourth-order valence-corrected chi connectivity index (χ4v) is 6.82. The number of phenols is 1. The molecule has 1 aromatic rings. The highest BCUT2D eigenvalue weighted by Crippen LogP contribution is 2.53. The number of hydrogen-bond acceptors (Lipinski definition) is 9. The lowest BCUT2D eigenvalue weighted by molar-refractivity contribution is -0.148. The summed E-state index contributed by atoms with van der Waals surface area (Å²) in [4.78, 5) is 42.9. The highest BCUT2D eigenvalue weighted by atomic mass is 35.5. The first kappa shape index (κ1) is 26.4. The van der Waals surface area contributed by atoms with Gasteiger partial charge in [-0.25, -0.2) is 0 Å². The van der Waals surface area contributed by atoms with Crippen LogP contribution in [0.2, 0.25) is 5.02 Å². The summed E-state index contributed by atoms with van der Waals surface area (Å²) >= 11 is 6.63. The third kappa shape index (κ3) is 3.70. The van der Waals surface area contributed by atoms with Crippen molar-refractivity contribution in [2.45, 2.75) is 37.5 Å². The number of rotatable bonds is 4. The topological polar surface area (TPSA) is 165 Å². The minimum absolute atomic E-state index is 0.0186. The Bertz CT molecular complexity index is 1360. The maximum absolute atomic E-state index is 13.9. The van der Waals surface area contributed by atoms with Crippen molar-refractivity contribution < 1.29 is 34.8 Å². The number of nitrogens with zero attached hydrogens (tertiary/aromatic N) is 2. The number of aromatic hydroxyl groups is 1. The Morgan fingerprint density at radius 2 is 1.95 bits per heavy atom. The summed E-state index contributed by atoms with van der Waals surface area (Å²) in [5, 5.41) is 45.4. The van der Waals surface area contributed by atoms with Crippen molar-refractivity contribution in [3.05, 3.63) is 62.6 Å². The molecule has 4 aliphatic rings. The number of allylic oxidation sites excluding steroid dienone is 1. The van der Waals surface area contributed by atoms with E-state index in [0.717, 1.165) is 13.0 Å². The zero-order chi connectivity index (χ0) is 27.7. The number of benzene rings is 1. The molecule has 1 aliphatic heterocycles. The summed E-state index contributed by atoms with van der Waals surface area (Å²) in [7, 11) is 3.17. The van der Waals surface area contributed by atoms with Crippen LogP contribution in [0.15, 0.2) is 40.9 Å². The zero-order valence-electron chi connectivity index (χ0n) is 21.1. The van der Waals surface area contributed by atoms with Crippen molar-refractivity contribution in [1.29, 1.82) is 0 Å². The standard InChI is InChI=1S/C27H30ClN3O7/c1-30(2)20-15-9-12-8-14-16(28)10-13(11-31-6-4-3-5-7-31)21(32)18(14)22(33)17(12)24(35)27(15,38)25(36)19(23(20)34)26(29)37/h3-4,10,12,15,20,32,34-35,38H,5-9,11H2,1-2H3,(H2,29,37)/t12-,15-,20?,27-/m0/s1. The number of phenolic OH excluding ortho intramolecular Hbond substituents is 1. The number of likely N-dealkylation sites (N-methyl/N-ethyl adjacent to an activating group) is 1. The maximum atomic E-state index is 13.9. The molecule has 0 bridgehead atoms. The molecule has 4 atom stereocenters. The number of fused-ring (bicyclic) bond motifs is 3. The minimum Gasteiger partial charge on any atom is -0.510 e. The van der Waals surface area contributed by atoms with Gasteiger partial charge in [-0.2, -0.15) is 0 Å². The number of halogens is 1. The predicted octanol–water partition coefficient (Wildman–Crippen LogP) is 1.54. The van der Waals surface area contributed by atoms with E-state index in [4.69, 9.17) is 17.3 Å². The van der Waals surface area contributed by atoms with Gasteiger partial charge in [0, 0.05) is 41.7 Å². The van der Waals surface area contributed by atoms with E-state index in [1.807, 2.05) is 6.08 Å². The van der Waals surface area contributed by atoms with Gasteiger partial charge in [0.1, 0.15) is 22.8 Å². The summed E-state index contributed by atoms with van der Waals surface area (Å²) in [6, 6.07) is 0.612. The van der Waals surface area contributed by atoms with Crippen molar-refractivity contribution in [2.24, 2.45) is 17.6 Å². The molecular formula is C27H30ClN3O7. The van der Waals surface area contributed by atoms with Crippen LogP contribution in [-0.2, 0) is 22.6 Å². The lowest BCUT2D eigenvalue weighted by atomic mass is 9.58. The van der Waals surface area contributed by atoms with Crippen LogP contribution in [0.3, 0.4) is 0 Å². The van der Waals surface area contributed by atoms with Crippen LogP contribution in [-0.4, -0.2) is 86.5 Å². The number of hydrogen-bond donors (Lipinski definition) is 5. The summed E-state index contributed by atoms with van der Waals surface area (Å²) in [6.45, 7) is 1.81. The van der Waals surface area contributed by atoms with Gasteiger partial charge in [0.05, 0.1) is 11.6 Å². The highest BCUT2D eigenvalue weighted by Gasteiger charge is 2.63. The van der Waals surface area contributed by atoms with Crippen LogP contribution in [0, 0.1) is 11.8 Å². The van der Waals surface area contributed by atoms with Gasteiger partial charge in [-0.05, 0) is 50.9 Å². The third-order valence-electron chi connectivity index (χ3n) is 8.28. The number of carbonyl (C=O) groups excluding carboxylic acids is 3. The van der Waals surface area contributed by atoms with Crippen LogP contribution in [0.5, 0.6) is 5.75 Å². The van der Waals surface area contributed by atoms with Gasteiger partial charge in [-0.15, -0.1) is 0 Å².